The average Bonchev–Trinajstić information content (AvgIpc) is 2.91. The van der Waals surface area contributed by atoms with Crippen LogP contribution in [-0.4, -0.2) is 18.1 Å². The van der Waals surface area contributed by atoms with Gasteiger partial charge in [0.05, 0.1) is 5.69 Å². The summed E-state index contributed by atoms with van der Waals surface area (Å²) < 4.78 is 5.63. The van der Waals surface area contributed by atoms with Crippen LogP contribution in [0.4, 0.5) is 11.7 Å². The van der Waals surface area contributed by atoms with Crippen molar-refractivity contribution in [1.29, 1.82) is 0 Å². The monoisotopic (exact) mass is 273 g/mol. The number of oxazole rings is 1. The first-order chi connectivity index (χ1) is 9.76. The summed E-state index contributed by atoms with van der Waals surface area (Å²) >= 11 is 0. The van der Waals surface area contributed by atoms with Gasteiger partial charge in [0.2, 0.25) is 0 Å². The van der Waals surface area contributed by atoms with E-state index in [9.17, 15) is 0 Å². The highest BCUT2D eigenvalue weighted by Gasteiger charge is 2.14. The van der Waals surface area contributed by atoms with Gasteiger partial charge in [-0.15, -0.1) is 0 Å². The zero-order valence-corrected chi connectivity index (χ0v) is 12.5. The summed E-state index contributed by atoms with van der Waals surface area (Å²) in [6.07, 6.45) is 2.86. The van der Waals surface area contributed by atoms with Crippen LogP contribution in [0.2, 0.25) is 0 Å². The number of para-hydroxylation sites is 1. The molecule has 1 aromatic carbocycles. The number of nitrogens with zero attached hydrogens (tertiary/aromatic N) is 2. The van der Waals surface area contributed by atoms with Crippen LogP contribution in [0, 0.1) is 6.92 Å². The lowest BCUT2D eigenvalue weighted by Gasteiger charge is -2.20. The Kier molecular flexibility index (Phi) is 5.18. The van der Waals surface area contributed by atoms with E-state index in [4.69, 9.17) is 4.42 Å². The van der Waals surface area contributed by atoms with Crippen molar-refractivity contribution in [2.75, 3.05) is 18.0 Å². The minimum Gasteiger partial charge on any atom is -0.431 e. The molecule has 1 N–H and O–H groups in total. The van der Waals surface area contributed by atoms with Gasteiger partial charge in [-0.3, -0.25) is 4.90 Å². The van der Waals surface area contributed by atoms with Crippen LogP contribution in [-0.2, 0) is 6.54 Å². The molecule has 0 saturated carbocycles. The number of rotatable bonds is 7. The number of nitrogens with one attached hydrogen (secondary N) is 1. The molecule has 2 aromatic rings. The van der Waals surface area contributed by atoms with E-state index in [0.717, 1.165) is 37.4 Å². The molecule has 0 saturated heterocycles. The van der Waals surface area contributed by atoms with Gasteiger partial charge in [0.1, 0.15) is 6.26 Å². The zero-order chi connectivity index (χ0) is 14.4. The molecule has 4 nitrogen and oxygen atoms in total. The van der Waals surface area contributed by atoms with Gasteiger partial charge < -0.3 is 9.73 Å². The molecule has 20 heavy (non-hydrogen) atoms. The van der Waals surface area contributed by atoms with E-state index >= 15 is 0 Å². The van der Waals surface area contributed by atoms with Gasteiger partial charge >= 0.3 is 6.01 Å². The topological polar surface area (TPSA) is 41.3 Å². The smallest absolute Gasteiger partial charge is 0.302 e. The van der Waals surface area contributed by atoms with Gasteiger partial charge in [-0.2, -0.15) is 4.98 Å². The summed E-state index contributed by atoms with van der Waals surface area (Å²) in [5.41, 5.74) is 3.31. The normalized spacial score (nSPS) is 10.8. The quantitative estimate of drug-likeness (QED) is 0.782. The number of benzene rings is 1. The van der Waals surface area contributed by atoms with Crippen molar-refractivity contribution in [3.05, 3.63) is 41.8 Å². The summed E-state index contributed by atoms with van der Waals surface area (Å²) in [5, 5.41) is 3.33. The van der Waals surface area contributed by atoms with Gasteiger partial charge in [-0.25, -0.2) is 0 Å². The predicted molar refractivity (Wildman–Crippen MR) is 82.4 cm³/mol. The van der Waals surface area contributed by atoms with E-state index in [1.54, 1.807) is 6.26 Å². The molecule has 2 rings (SSSR count). The maximum Gasteiger partial charge on any atom is 0.302 e. The molecule has 4 heteroatoms. The number of aromatic nitrogens is 1. The van der Waals surface area contributed by atoms with Crippen LogP contribution in [0.1, 0.15) is 31.5 Å². The molecule has 108 valence electrons. The average molecular weight is 273 g/mol. The molecule has 0 aliphatic carbocycles. The highest BCUT2D eigenvalue weighted by atomic mass is 16.4. The highest BCUT2D eigenvalue weighted by Crippen LogP contribution is 2.27. The van der Waals surface area contributed by atoms with Crippen molar-refractivity contribution in [1.82, 2.24) is 10.3 Å². The molecule has 1 aromatic heterocycles. The van der Waals surface area contributed by atoms with Crippen molar-refractivity contribution in [3.63, 3.8) is 0 Å². The fourth-order valence-electron chi connectivity index (χ4n) is 2.17. The number of hydrogen-bond donors (Lipinski definition) is 1. The summed E-state index contributed by atoms with van der Waals surface area (Å²) in [6.45, 7) is 8.93. The van der Waals surface area contributed by atoms with E-state index in [-0.39, 0.29) is 0 Å². The number of anilines is 2. The van der Waals surface area contributed by atoms with E-state index in [1.165, 1.54) is 5.56 Å². The van der Waals surface area contributed by atoms with Crippen LogP contribution < -0.4 is 10.2 Å². The molecule has 0 atom stereocenters. The van der Waals surface area contributed by atoms with Gasteiger partial charge in [-0.05, 0) is 38.4 Å². The third-order valence-corrected chi connectivity index (χ3v) is 3.23. The van der Waals surface area contributed by atoms with Crippen molar-refractivity contribution >= 4 is 11.7 Å². The largest absolute Gasteiger partial charge is 0.431 e. The van der Waals surface area contributed by atoms with Crippen molar-refractivity contribution in [2.45, 2.75) is 33.7 Å². The van der Waals surface area contributed by atoms with Crippen LogP contribution in [0.15, 0.2) is 34.9 Å². The summed E-state index contributed by atoms with van der Waals surface area (Å²) in [6, 6.07) is 8.94. The molecule has 0 fully saturated rings. The SMILES string of the molecule is CCCNCc1coc(N(CC)c2ccccc2C)n1. The maximum absolute atomic E-state index is 5.63. The minimum absolute atomic E-state index is 0.662. The Bertz CT molecular complexity index is 536. The zero-order valence-electron chi connectivity index (χ0n) is 12.5. The third kappa shape index (κ3) is 3.39. The molecule has 0 unspecified atom stereocenters. The van der Waals surface area contributed by atoms with E-state index in [1.807, 2.05) is 12.1 Å². The molecule has 0 spiro atoms. The van der Waals surface area contributed by atoms with Crippen molar-refractivity contribution in [2.24, 2.45) is 0 Å². The number of hydrogen-bond acceptors (Lipinski definition) is 4. The van der Waals surface area contributed by atoms with E-state index in [2.05, 4.69) is 48.1 Å². The first-order valence-electron chi connectivity index (χ1n) is 7.24. The molecule has 1 heterocycles. The third-order valence-electron chi connectivity index (χ3n) is 3.23. The Balaban J connectivity index is 2.14. The lowest BCUT2D eigenvalue weighted by molar-refractivity contribution is 0.552. The summed E-state index contributed by atoms with van der Waals surface area (Å²) in [4.78, 5) is 6.66. The lowest BCUT2D eigenvalue weighted by atomic mass is 10.2. The van der Waals surface area contributed by atoms with Crippen molar-refractivity contribution in [3.8, 4) is 0 Å². The van der Waals surface area contributed by atoms with Crippen LogP contribution >= 0.6 is 0 Å². The first-order valence-corrected chi connectivity index (χ1v) is 7.24. The predicted octanol–water partition coefficient (Wildman–Crippen LogP) is 3.64. The Morgan fingerprint density at radius 2 is 2.05 bits per heavy atom. The standard InChI is InChI=1S/C16H23N3O/c1-4-10-17-11-14-12-20-16(18-14)19(5-2)15-9-7-6-8-13(15)3/h6-9,12,17H,4-5,10-11H2,1-3H3. The summed E-state index contributed by atoms with van der Waals surface area (Å²) in [5.74, 6) is 0. The van der Waals surface area contributed by atoms with Gasteiger partial charge in [0.25, 0.3) is 0 Å². The molecule has 0 amide bonds. The Morgan fingerprint density at radius 3 is 2.75 bits per heavy atom. The van der Waals surface area contributed by atoms with Crippen LogP contribution in [0.3, 0.4) is 0 Å². The second-order valence-corrected chi connectivity index (χ2v) is 4.83. The second kappa shape index (κ2) is 7.10. The first kappa shape index (κ1) is 14.6. The molecule has 0 radical (unpaired) electrons. The van der Waals surface area contributed by atoms with E-state index < -0.39 is 0 Å². The highest BCUT2D eigenvalue weighted by molar-refractivity contribution is 5.60. The fourth-order valence-corrected chi connectivity index (χ4v) is 2.17. The van der Waals surface area contributed by atoms with Gasteiger partial charge in [-0.1, -0.05) is 25.1 Å². The van der Waals surface area contributed by atoms with Crippen LogP contribution in [0.25, 0.3) is 0 Å². The van der Waals surface area contributed by atoms with E-state index in [0.29, 0.717) is 6.01 Å². The fraction of sp³-hybridized carbons (Fsp3) is 0.438. The molecule has 0 bridgehead atoms. The molecular weight excluding hydrogens is 250 g/mol. The Morgan fingerprint density at radius 1 is 1.25 bits per heavy atom. The molecule has 0 aliphatic heterocycles. The Hall–Kier alpha value is -1.81. The van der Waals surface area contributed by atoms with Crippen LogP contribution in [0.5, 0.6) is 0 Å². The lowest BCUT2D eigenvalue weighted by Crippen LogP contribution is -2.18. The summed E-state index contributed by atoms with van der Waals surface area (Å²) in [7, 11) is 0. The van der Waals surface area contributed by atoms with Gasteiger partial charge in [0, 0.05) is 18.8 Å². The molecular formula is C16H23N3O. The maximum atomic E-state index is 5.63. The Labute approximate surface area is 120 Å². The minimum atomic E-state index is 0.662. The van der Waals surface area contributed by atoms with Crippen molar-refractivity contribution < 1.29 is 4.42 Å². The van der Waals surface area contributed by atoms with Gasteiger partial charge in [0.15, 0.2) is 0 Å². The second-order valence-electron chi connectivity index (χ2n) is 4.83. The number of aryl methyl sites for hydroxylation is 1. The molecule has 0 aliphatic rings.